The Labute approximate surface area is 124 Å². The van der Waals surface area contributed by atoms with Crippen molar-refractivity contribution in [2.45, 2.75) is 56.9 Å². The maximum atomic E-state index is 12.3. The van der Waals surface area contributed by atoms with E-state index >= 15 is 0 Å². The van der Waals surface area contributed by atoms with Crippen LogP contribution in [0.2, 0.25) is 0 Å². The van der Waals surface area contributed by atoms with Gasteiger partial charge in [-0.3, -0.25) is 19.3 Å². The Bertz CT molecular complexity index is 462. The average Bonchev–Trinajstić information content (AvgIpc) is 2.68. The van der Waals surface area contributed by atoms with Gasteiger partial charge in [-0.15, -0.1) is 0 Å². The number of carbonyl (C=O) groups is 3. The summed E-state index contributed by atoms with van der Waals surface area (Å²) in [5, 5.41) is 3.21. The minimum atomic E-state index is -0.208. The van der Waals surface area contributed by atoms with Crippen LogP contribution in [0.15, 0.2) is 0 Å². The van der Waals surface area contributed by atoms with Crippen LogP contribution in [-0.4, -0.2) is 34.7 Å². The van der Waals surface area contributed by atoms with E-state index in [0.29, 0.717) is 0 Å². The molecule has 1 saturated heterocycles. The molecule has 0 atom stereocenters. The summed E-state index contributed by atoms with van der Waals surface area (Å²) < 4.78 is 0. The summed E-state index contributed by atoms with van der Waals surface area (Å²) in [7, 11) is 0. The second kappa shape index (κ2) is 4.55. The maximum absolute atomic E-state index is 12.3. The maximum Gasteiger partial charge on any atom is 0.240 e. The Balaban J connectivity index is 1.42. The molecule has 5 heteroatoms. The Morgan fingerprint density at radius 2 is 1.48 bits per heavy atom. The summed E-state index contributed by atoms with van der Waals surface area (Å²) in [5.74, 6) is 1.74. The van der Waals surface area contributed by atoms with Gasteiger partial charge in [0.1, 0.15) is 6.54 Å². The lowest BCUT2D eigenvalue weighted by Crippen LogP contribution is -2.61. The average molecular weight is 290 g/mol. The highest BCUT2D eigenvalue weighted by atomic mass is 16.2. The zero-order valence-electron chi connectivity index (χ0n) is 12.3. The van der Waals surface area contributed by atoms with Crippen LogP contribution in [0.1, 0.15) is 51.4 Å². The summed E-state index contributed by atoms with van der Waals surface area (Å²) in [6.45, 7) is -0.0839. The fraction of sp³-hybridized carbons (Fsp3) is 0.812. The molecule has 1 N–H and O–H groups in total. The largest absolute Gasteiger partial charge is 0.349 e. The molecule has 114 valence electrons. The van der Waals surface area contributed by atoms with Gasteiger partial charge in [0, 0.05) is 18.4 Å². The molecular weight excluding hydrogens is 268 g/mol. The van der Waals surface area contributed by atoms with Crippen LogP contribution in [0.4, 0.5) is 0 Å². The normalized spacial score (nSPS) is 41.0. The van der Waals surface area contributed by atoms with Crippen molar-refractivity contribution in [2.24, 2.45) is 17.8 Å². The predicted molar refractivity (Wildman–Crippen MR) is 75.0 cm³/mol. The van der Waals surface area contributed by atoms with Gasteiger partial charge in [0.15, 0.2) is 0 Å². The predicted octanol–water partition coefficient (Wildman–Crippen LogP) is 1.22. The highest BCUT2D eigenvalue weighted by Crippen LogP contribution is 2.55. The molecule has 0 aromatic carbocycles. The molecule has 3 amide bonds. The number of carbonyl (C=O) groups excluding carboxylic acids is 3. The van der Waals surface area contributed by atoms with E-state index in [1.54, 1.807) is 0 Å². The van der Waals surface area contributed by atoms with E-state index < -0.39 is 0 Å². The van der Waals surface area contributed by atoms with Gasteiger partial charge in [-0.25, -0.2) is 0 Å². The monoisotopic (exact) mass is 290 g/mol. The molecule has 1 aliphatic heterocycles. The van der Waals surface area contributed by atoms with Gasteiger partial charge in [-0.05, 0) is 56.3 Å². The summed E-state index contributed by atoms with van der Waals surface area (Å²) >= 11 is 0. The molecule has 4 saturated carbocycles. The molecular formula is C16H22N2O3. The van der Waals surface area contributed by atoms with Gasteiger partial charge in [0.25, 0.3) is 0 Å². The van der Waals surface area contributed by atoms with Crippen molar-refractivity contribution in [3.63, 3.8) is 0 Å². The Morgan fingerprint density at radius 1 is 1.00 bits per heavy atom. The lowest BCUT2D eigenvalue weighted by molar-refractivity contribution is -0.143. The molecule has 5 nitrogen and oxygen atoms in total. The van der Waals surface area contributed by atoms with Crippen molar-refractivity contribution in [1.29, 1.82) is 0 Å². The third-order valence-corrected chi connectivity index (χ3v) is 5.90. The molecule has 1 heterocycles. The van der Waals surface area contributed by atoms with Crippen molar-refractivity contribution in [2.75, 3.05) is 6.54 Å². The van der Waals surface area contributed by atoms with Crippen LogP contribution in [-0.2, 0) is 14.4 Å². The number of imide groups is 1. The van der Waals surface area contributed by atoms with E-state index in [-0.39, 0.29) is 42.6 Å². The van der Waals surface area contributed by atoms with Crippen molar-refractivity contribution >= 4 is 17.7 Å². The standard InChI is InChI=1S/C16H22N2O3/c19-13(9-18-14(20)1-2-15(18)21)17-16-6-10-3-11(7-16)5-12(4-10)8-16/h10-12H,1-9H2,(H,17,19). The van der Waals surface area contributed by atoms with Crippen molar-refractivity contribution < 1.29 is 14.4 Å². The summed E-state index contributed by atoms with van der Waals surface area (Å²) in [4.78, 5) is 36.7. The lowest BCUT2D eigenvalue weighted by Gasteiger charge is -2.57. The SMILES string of the molecule is O=C(CN1C(=O)CCC1=O)NC12CC3CC(CC(C3)C1)C2. The molecule has 0 aromatic rings. The number of hydrogen-bond donors (Lipinski definition) is 1. The van der Waals surface area contributed by atoms with Crippen molar-refractivity contribution in [3.05, 3.63) is 0 Å². The van der Waals surface area contributed by atoms with Crippen LogP contribution in [0, 0.1) is 17.8 Å². The quantitative estimate of drug-likeness (QED) is 0.795. The Morgan fingerprint density at radius 3 is 1.95 bits per heavy atom. The summed E-state index contributed by atoms with van der Waals surface area (Å²) in [6.07, 6.45) is 7.77. The van der Waals surface area contributed by atoms with E-state index in [1.807, 2.05) is 0 Å². The van der Waals surface area contributed by atoms with Crippen LogP contribution in [0.5, 0.6) is 0 Å². The first-order valence-corrected chi connectivity index (χ1v) is 8.17. The Kier molecular flexibility index (Phi) is 2.88. The first-order chi connectivity index (χ1) is 10.0. The van der Waals surface area contributed by atoms with Crippen LogP contribution >= 0.6 is 0 Å². The van der Waals surface area contributed by atoms with Gasteiger partial charge in [-0.2, -0.15) is 0 Å². The second-order valence-electron chi connectivity index (χ2n) is 7.62. The first kappa shape index (κ1) is 13.3. The molecule has 0 spiro atoms. The molecule has 21 heavy (non-hydrogen) atoms. The molecule has 5 rings (SSSR count). The van der Waals surface area contributed by atoms with Gasteiger partial charge in [0.05, 0.1) is 0 Å². The van der Waals surface area contributed by atoms with Crippen LogP contribution < -0.4 is 5.32 Å². The van der Waals surface area contributed by atoms with Gasteiger partial charge in [-0.1, -0.05) is 0 Å². The molecule has 4 bridgehead atoms. The van der Waals surface area contributed by atoms with Crippen molar-refractivity contribution in [3.8, 4) is 0 Å². The highest BCUT2D eigenvalue weighted by Gasteiger charge is 2.51. The lowest BCUT2D eigenvalue weighted by atomic mass is 9.53. The Hall–Kier alpha value is -1.39. The van der Waals surface area contributed by atoms with Gasteiger partial charge in [0.2, 0.25) is 17.7 Å². The number of hydrogen-bond acceptors (Lipinski definition) is 3. The molecule has 4 aliphatic carbocycles. The van der Waals surface area contributed by atoms with E-state index in [2.05, 4.69) is 5.32 Å². The summed E-state index contributed by atoms with van der Waals surface area (Å²) in [5.41, 5.74) is -0.0440. The molecule has 5 fully saturated rings. The molecule has 0 aromatic heterocycles. The zero-order chi connectivity index (χ0) is 14.6. The zero-order valence-corrected chi connectivity index (χ0v) is 12.3. The molecule has 5 aliphatic rings. The second-order valence-corrected chi connectivity index (χ2v) is 7.62. The number of rotatable bonds is 3. The van der Waals surface area contributed by atoms with E-state index in [0.717, 1.165) is 41.9 Å². The number of likely N-dealkylation sites (tertiary alicyclic amines) is 1. The van der Waals surface area contributed by atoms with Gasteiger partial charge >= 0.3 is 0 Å². The smallest absolute Gasteiger partial charge is 0.240 e. The molecule has 0 radical (unpaired) electrons. The fourth-order valence-electron chi connectivity index (χ4n) is 5.54. The van der Waals surface area contributed by atoms with Crippen LogP contribution in [0.3, 0.4) is 0 Å². The molecule has 0 unspecified atom stereocenters. The third-order valence-electron chi connectivity index (χ3n) is 5.90. The van der Waals surface area contributed by atoms with Crippen molar-refractivity contribution in [1.82, 2.24) is 10.2 Å². The first-order valence-electron chi connectivity index (χ1n) is 8.17. The third kappa shape index (κ3) is 2.27. The van der Waals surface area contributed by atoms with E-state index in [4.69, 9.17) is 0 Å². The van der Waals surface area contributed by atoms with Gasteiger partial charge < -0.3 is 5.32 Å². The number of nitrogens with zero attached hydrogens (tertiary/aromatic N) is 1. The number of amides is 3. The number of nitrogens with one attached hydrogen (secondary N) is 1. The highest BCUT2D eigenvalue weighted by molar-refractivity contribution is 6.04. The van der Waals surface area contributed by atoms with Crippen LogP contribution in [0.25, 0.3) is 0 Å². The van der Waals surface area contributed by atoms with E-state index in [9.17, 15) is 14.4 Å². The fourth-order valence-corrected chi connectivity index (χ4v) is 5.54. The van der Waals surface area contributed by atoms with E-state index in [1.165, 1.54) is 19.3 Å². The minimum Gasteiger partial charge on any atom is -0.349 e. The summed E-state index contributed by atoms with van der Waals surface area (Å²) in [6, 6.07) is 0. The minimum absolute atomic E-state index is 0.0440. The topological polar surface area (TPSA) is 66.5 Å².